The number of rotatable bonds is 6. The number of carbonyl (C=O) groups is 1. The van der Waals surface area contributed by atoms with Gasteiger partial charge in [-0.05, 0) is 36.8 Å². The number of benzene rings is 1. The average molecular weight is 368 g/mol. The zero-order chi connectivity index (χ0) is 19.2. The van der Waals surface area contributed by atoms with Crippen molar-refractivity contribution in [3.8, 4) is 17.6 Å². The summed E-state index contributed by atoms with van der Waals surface area (Å²) in [5.41, 5.74) is 1.72. The number of amides is 2. The summed E-state index contributed by atoms with van der Waals surface area (Å²) in [7, 11) is 1.59. The van der Waals surface area contributed by atoms with Gasteiger partial charge < -0.3 is 24.4 Å². The molecule has 0 fully saturated rings. The van der Waals surface area contributed by atoms with Gasteiger partial charge in [0.2, 0.25) is 6.79 Å². The molecular formula is C19H20N4O4. The summed E-state index contributed by atoms with van der Waals surface area (Å²) in [5.74, 6) is 1.37. The Morgan fingerprint density at radius 3 is 2.89 bits per heavy atom. The first-order chi connectivity index (χ1) is 13.1. The summed E-state index contributed by atoms with van der Waals surface area (Å²) >= 11 is 0. The van der Waals surface area contributed by atoms with Crippen LogP contribution >= 0.6 is 0 Å². The molecule has 0 aliphatic carbocycles. The lowest BCUT2D eigenvalue weighted by molar-refractivity contribution is 0.113. The summed E-state index contributed by atoms with van der Waals surface area (Å²) in [6, 6.07) is 10.3. The van der Waals surface area contributed by atoms with E-state index in [1.165, 1.54) is 6.20 Å². The highest BCUT2D eigenvalue weighted by atomic mass is 16.7. The predicted molar refractivity (Wildman–Crippen MR) is 97.4 cm³/mol. The van der Waals surface area contributed by atoms with Gasteiger partial charge in [0, 0.05) is 13.7 Å². The SMILES string of the molecule is COC[C@H](C)N(Cc1ccc2c(c1)OCO2)C(=O)Nc1ccc(C#N)nc1. The van der Waals surface area contributed by atoms with E-state index in [4.69, 9.17) is 19.5 Å². The molecule has 1 aromatic carbocycles. The molecule has 0 radical (unpaired) electrons. The number of hydrogen-bond donors (Lipinski definition) is 1. The first-order valence-electron chi connectivity index (χ1n) is 8.42. The number of nitrogens with zero attached hydrogens (tertiary/aromatic N) is 3. The van der Waals surface area contributed by atoms with Gasteiger partial charge in [-0.2, -0.15) is 5.26 Å². The molecule has 1 aliphatic heterocycles. The lowest BCUT2D eigenvalue weighted by atomic mass is 10.1. The Kier molecular flexibility index (Phi) is 5.74. The smallest absolute Gasteiger partial charge is 0.322 e. The molecule has 1 aromatic heterocycles. The van der Waals surface area contributed by atoms with Crippen LogP contribution < -0.4 is 14.8 Å². The molecule has 1 N–H and O–H groups in total. The number of ether oxygens (including phenoxy) is 3. The van der Waals surface area contributed by atoms with Crippen molar-refractivity contribution < 1.29 is 19.0 Å². The number of fused-ring (bicyclic) bond motifs is 1. The number of methoxy groups -OCH3 is 1. The summed E-state index contributed by atoms with van der Waals surface area (Å²) in [4.78, 5) is 18.5. The molecular weight excluding hydrogens is 348 g/mol. The standard InChI is InChI=1S/C19H20N4O4/c1-13(11-25-2)23(10-14-3-6-17-18(7-14)27-12-26-17)19(24)22-16-5-4-15(8-20)21-9-16/h3-7,9,13H,10-12H2,1-2H3,(H,22,24)/t13-/m0/s1. The molecule has 2 aromatic rings. The molecule has 3 rings (SSSR count). The summed E-state index contributed by atoms with van der Waals surface area (Å²) in [6.45, 7) is 2.88. The zero-order valence-corrected chi connectivity index (χ0v) is 15.1. The van der Waals surface area contributed by atoms with Gasteiger partial charge in [0.15, 0.2) is 11.5 Å². The van der Waals surface area contributed by atoms with Crippen LogP contribution in [0.25, 0.3) is 0 Å². The fourth-order valence-electron chi connectivity index (χ4n) is 2.72. The Morgan fingerprint density at radius 1 is 1.37 bits per heavy atom. The number of nitriles is 1. The molecule has 1 atom stereocenters. The molecule has 0 unspecified atom stereocenters. The molecule has 8 nitrogen and oxygen atoms in total. The molecule has 0 spiro atoms. The van der Waals surface area contributed by atoms with Crippen LogP contribution in [-0.4, -0.2) is 42.5 Å². The van der Waals surface area contributed by atoms with E-state index in [-0.39, 0.29) is 24.6 Å². The topological polar surface area (TPSA) is 96.7 Å². The van der Waals surface area contributed by atoms with E-state index < -0.39 is 0 Å². The van der Waals surface area contributed by atoms with Crippen molar-refractivity contribution >= 4 is 11.7 Å². The molecule has 27 heavy (non-hydrogen) atoms. The Hall–Kier alpha value is -3.31. The van der Waals surface area contributed by atoms with Crippen LogP contribution in [0.1, 0.15) is 18.2 Å². The molecule has 1 aliphatic rings. The van der Waals surface area contributed by atoms with Gasteiger partial charge in [-0.15, -0.1) is 0 Å². The fourth-order valence-corrected chi connectivity index (χ4v) is 2.72. The van der Waals surface area contributed by atoms with Gasteiger partial charge in [0.05, 0.1) is 24.5 Å². The van der Waals surface area contributed by atoms with Gasteiger partial charge >= 0.3 is 6.03 Å². The van der Waals surface area contributed by atoms with Crippen molar-refractivity contribution in [2.45, 2.75) is 19.5 Å². The lowest BCUT2D eigenvalue weighted by Crippen LogP contribution is -2.43. The van der Waals surface area contributed by atoms with Crippen LogP contribution in [0.15, 0.2) is 36.5 Å². The van der Waals surface area contributed by atoms with Crippen molar-refractivity contribution in [3.05, 3.63) is 47.8 Å². The third kappa shape index (κ3) is 4.46. The average Bonchev–Trinajstić information content (AvgIpc) is 3.14. The van der Waals surface area contributed by atoms with E-state index in [9.17, 15) is 4.79 Å². The molecule has 2 amide bonds. The van der Waals surface area contributed by atoms with Gasteiger partial charge in [-0.1, -0.05) is 6.07 Å². The predicted octanol–water partition coefficient (Wildman–Crippen LogP) is 2.75. The quantitative estimate of drug-likeness (QED) is 0.842. The maximum Gasteiger partial charge on any atom is 0.322 e. The van der Waals surface area contributed by atoms with Crippen LogP contribution in [0.3, 0.4) is 0 Å². The van der Waals surface area contributed by atoms with Crippen LogP contribution in [-0.2, 0) is 11.3 Å². The third-order valence-electron chi connectivity index (χ3n) is 4.12. The van der Waals surface area contributed by atoms with E-state index in [1.807, 2.05) is 31.2 Å². The Bertz CT molecular complexity index is 848. The normalized spacial score (nSPS) is 12.9. The number of nitrogens with one attached hydrogen (secondary N) is 1. The molecule has 0 bridgehead atoms. The van der Waals surface area contributed by atoms with Crippen molar-refractivity contribution in [1.29, 1.82) is 5.26 Å². The number of carbonyl (C=O) groups excluding carboxylic acids is 1. The van der Waals surface area contributed by atoms with Crippen LogP contribution in [0, 0.1) is 11.3 Å². The van der Waals surface area contributed by atoms with Crippen LogP contribution in [0.2, 0.25) is 0 Å². The highest BCUT2D eigenvalue weighted by molar-refractivity contribution is 5.89. The van der Waals surface area contributed by atoms with Gasteiger partial charge in [0.25, 0.3) is 0 Å². The van der Waals surface area contributed by atoms with Crippen molar-refractivity contribution in [2.75, 3.05) is 25.8 Å². The Labute approximate surface area is 157 Å². The minimum atomic E-state index is -0.288. The number of anilines is 1. The second-order valence-electron chi connectivity index (χ2n) is 6.09. The van der Waals surface area contributed by atoms with Crippen LogP contribution in [0.4, 0.5) is 10.5 Å². The van der Waals surface area contributed by atoms with Crippen molar-refractivity contribution in [3.63, 3.8) is 0 Å². The molecule has 2 heterocycles. The monoisotopic (exact) mass is 368 g/mol. The molecule has 8 heteroatoms. The zero-order valence-electron chi connectivity index (χ0n) is 15.1. The van der Waals surface area contributed by atoms with E-state index in [0.717, 1.165) is 5.56 Å². The second kappa shape index (κ2) is 8.38. The van der Waals surface area contributed by atoms with E-state index in [2.05, 4.69) is 10.3 Å². The minimum Gasteiger partial charge on any atom is -0.454 e. The maximum absolute atomic E-state index is 12.8. The largest absolute Gasteiger partial charge is 0.454 e. The number of aromatic nitrogens is 1. The highest BCUT2D eigenvalue weighted by Crippen LogP contribution is 2.33. The Morgan fingerprint density at radius 2 is 2.19 bits per heavy atom. The van der Waals surface area contributed by atoms with Crippen molar-refractivity contribution in [2.24, 2.45) is 0 Å². The van der Waals surface area contributed by atoms with E-state index >= 15 is 0 Å². The number of hydrogen-bond acceptors (Lipinski definition) is 6. The van der Waals surface area contributed by atoms with Gasteiger partial charge in [0.1, 0.15) is 11.8 Å². The minimum absolute atomic E-state index is 0.160. The Balaban J connectivity index is 1.75. The highest BCUT2D eigenvalue weighted by Gasteiger charge is 2.22. The summed E-state index contributed by atoms with van der Waals surface area (Å²) < 4.78 is 15.9. The number of pyridine rings is 1. The van der Waals surface area contributed by atoms with Crippen LogP contribution in [0.5, 0.6) is 11.5 Å². The third-order valence-corrected chi connectivity index (χ3v) is 4.12. The van der Waals surface area contributed by atoms with Gasteiger partial charge in [-0.3, -0.25) is 0 Å². The molecule has 0 saturated heterocycles. The van der Waals surface area contributed by atoms with Crippen molar-refractivity contribution in [1.82, 2.24) is 9.88 Å². The molecule has 140 valence electrons. The molecule has 0 saturated carbocycles. The maximum atomic E-state index is 12.8. The first kappa shape index (κ1) is 18.5. The van der Waals surface area contributed by atoms with Gasteiger partial charge in [-0.25, -0.2) is 9.78 Å². The van der Waals surface area contributed by atoms with E-state index in [0.29, 0.717) is 30.3 Å². The summed E-state index contributed by atoms with van der Waals surface area (Å²) in [5, 5.41) is 11.6. The number of urea groups is 1. The first-order valence-corrected chi connectivity index (χ1v) is 8.42. The summed E-state index contributed by atoms with van der Waals surface area (Å²) in [6.07, 6.45) is 1.45. The van der Waals surface area contributed by atoms with E-state index in [1.54, 1.807) is 24.1 Å². The lowest BCUT2D eigenvalue weighted by Gasteiger charge is -2.29. The fraction of sp³-hybridized carbons (Fsp3) is 0.316. The second-order valence-corrected chi connectivity index (χ2v) is 6.09.